The molecule has 1 atom stereocenters. The van der Waals surface area contributed by atoms with Gasteiger partial charge < -0.3 is 15.7 Å². The van der Waals surface area contributed by atoms with E-state index in [9.17, 15) is 14.0 Å². The molecule has 2 amide bonds. The maximum atomic E-state index is 13.5. The number of hydrogen-bond acceptors (Lipinski definition) is 2. The highest BCUT2D eigenvalue weighted by Crippen LogP contribution is 2.16. The van der Waals surface area contributed by atoms with E-state index in [1.165, 1.54) is 0 Å². The molecular formula is C14H19FN2O3. The van der Waals surface area contributed by atoms with E-state index in [2.05, 4.69) is 10.6 Å². The summed E-state index contributed by atoms with van der Waals surface area (Å²) in [5.41, 5.74) is -0.237. The van der Waals surface area contributed by atoms with Crippen LogP contribution in [0, 0.1) is 11.7 Å². The highest BCUT2D eigenvalue weighted by molar-refractivity contribution is 5.93. The lowest BCUT2D eigenvalue weighted by molar-refractivity contribution is 0.0697. The predicted molar refractivity (Wildman–Crippen MR) is 74.4 cm³/mol. The standard InChI is InChI=1S/C14H19FN2O3/c1-4-11(8(2)3)16-14(20)17-12-7-9(13(18)19)5-6-10(12)15/h5-8,11H,4H2,1-3H3,(H,18,19)(H2,16,17,20). The summed E-state index contributed by atoms with van der Waals surface area (Å²) in [7, 11) is 0. The lowest BCUT2D eigenvalue weighted by Gasteiger charge is -2.21. The number of halogens is 1. The fraction of sp³-hybridized carbons (Fsp3) is 0.429. The van der Waals surface area contributed by atoms with Crippen molar-refractivity contribution >= 4 is 17.7 Å². The molecule has 1 aromatic carbocycles. The van der Waals surface area contributed by atoms with Gasteiger partial charge in [-0.15, -0.1) is 0 Å². The first-order chi connectivity index (χ1) is 9.35. The summed E-state index contributed by atoms with van der Waals surface area (Å²) < 4.78 is 13.5. The van der Waals surface area contributed by atoms with Gasteiger partial charge in [0.1, 0.15) is 5.82 Å². The van der Waals surface area contributed by atoms with Gasteiger partial charge in [0, 0.05) is 6.04 Å². The minimum Gasteiger partial charge on any atom is -0.478 e. The van der Waals surface area contributed by atoms with Crippen LogP contribution in [0.2, 0.25) is 0 Å². The highest BCUT2D eigenvalue weighted by Gasteiger charge is 2.16. The summed E-state index contributed by atoms with van der Waals surface area (Å²) in [4.78, 5) is 22.6. The second-order valence-electron chi connectivity index (χ2n) is 4.86. The van der Waals surface area contributed by atoms with Gasteiger partial charge in [-0.05, 0) is 30.5 Å². The Balaban J connectivity index is 2.80. The third kappa shape index (κ3) is 4.22. The van der Waals surface area contributed by atoms with Crippen LogP contribution in [0.4, 0.5) is 14.9 Å². The lowest BCUT2D eigenvalue weighted by Crippen LogP contribution is -2.40. The Bertz CT molecular complexity index is 503. The van der Waals surface area contributed by atoms with Gasteiger partial charge >= 0.3 is 12.0 Å². The molecule has 0 aromatic heterocycles. The van der Waals surface area contributed by atoms with Gasteiger partial charge in [-0.25, -0.2) is 14.0 Å². The van der Waals surface area contributed by atoms with Gasteiger partial charge in [0.05, 0.1) is 11.3 Å². The Morgan fingerprint density at radius 1 is 1.35 bits per heavy atom. The van der Waals surface area contributed by atoms with Crippen molar-refractivity contribution in [1.29, 1.82) is 0 Å². The lowest BCUT2D eigenvalue weighted by atomic mass is 10.0. The second-order valence-corrected chi connectivity index (χ2v) is 4.86. The van der Waals surface area contributed by atoms with E-state index >= 15 is 0 Å². The molecule has 0 spiro atoms. The molecule has 5 nitrogen and oxygen atoms in total. The Kier molecular flexibility index (Phi) is 5.49. The summed E-state index contributed by atoms with van der Waals surface area (Å²) in [6.07, 6.45) is 0.753. The number of nitrogens with one attached hydrogen (secondary N) is 2. The van der Waals surface area contributed by atoms with Crippen molar-refractivity contribution in [2.45, 2.75) is 33.2 Å². The van der Waals surface area contributed by atoms with Gasteiger partial charge in [-0.3, -0.25) is 0 Å². The second kappa shape index (κ2) is 6.88. The summed E-state index contributed by atoms with van der Waals surface area (Å²) in [6.45, 7) is 5.89. The number of carboxylic acid groups (broad SMARTS) is 1. The molecule has 0 aliphatic carbocycles. The van der Waals surface area contributed by atoms with Crippen molar-refractivity contribution < 1.29 is 19.1 Å². The fourth-order valence-corrected chi connectivity index (χ4v) is 1.82. The van der Waals surface area contributed by atoms with E-state index in [1.807, 2.05) is 20.8 Å². The molecule has 0 aliphatic rings. The molecule has 6 heteroatoms. The molecule has 1 unspecified atom stereocenters. The Labute approximate surface area is 117 Å². The number of hydrogen-bond donors (Lipinski definition) is 3. The largest absolute Gasteiger partial charge is 0.478 e. The highest BCUT2D eigenvalue weighted by atomic mass is 19.1. The monoisotopic (exact) mass is 282 g/mol. The van der Waals surface area contributed by atoms with E-state index in [4.69, 9.17) is 5.11 Å². The summed E-state index contributed by atoms with van der Waals surface area (Å²) in [5, 5.41) is 13.9. The number of urea groups is 1. The van der Waals surface area contributed by atoms with Crippen LogP contribution >= 0.6 is 0 Å². The quantitative estimate of drug-likeness (QED) is 0.776. The number of aromatic carboxylic acids is 1. The molecule has 1 aromatic rings. The van der Waals surface area contributed by atoms with E-state index in [-0.39, 0.29) is 23.2 Å². The Hall–Kier alpha value is -2.11. The third-order valence-electron chi connectivity index (χ3n) is 3.02. The topological polar surface area (TPSA) is 78.4 Å². The maximum absolute atomic E-state index is 13.5. The normalized spacial score (nSPS) is 12.1. The van der Waals surface area contributed by atoms with E-state index < -0.39 is 17.8 Å². The van der Waals surface area contributed by atoms with Gasteiger partial charge in [0.2, 0.25) is 0 Å². The number of amides is 2. The summed E-state index contributed by atoms with van der Waals surface area (Å²) >= 11 is 0. The number of anilines is 1. The number of benzene rings is 1. The average Bonchev–Trinajstić information content (AvgIpc) is 2.37. The van der Waals surface area contributed by atoms with Crippen LogP contribution < -0.4 is 10.6 Å². The average molecular weight is 282 g/mol. The first-order valence-electron chi connectivity index (χ1n) is 6.45. The molecule has 0 aliphatic heterocycles. The SMILES string of the molecule is CCC(NC(=O)Nc1cc(C(=O)O)ccc1F)C(C)C. The molecule has 110 valence electrons. The molecule has 0 saturated carbocycles. The number of carboxylic acids is 1. The molecular weight excluding hydrogens is 263 g/mol. The summed E-state index contributed by atoms with van der Waals surface area (Å²) in [5.74, 6) is -1.61. The molecule has 0 fully saturated rings. The van der Waals surface area contributed by atoms with Gasteiger partial charge in [-0.1, -0.05) is 20.8 Å². The number of rotatable bonds is 5. The van der Waals surface area contributed by atoms with Crippen molar-refractivity contribution in [2.75, 3.05) is 5.32 Å². The van der Waals surface area contributed by atoms with Gasteiger partial charge in [-0.2, -0.15) is 0 Å². The molecule has 0 radical (unpaired) electrons. The van der Waals surface area contributed by atoms with Crippen LogP contribution in [-0.2, 0) is 0 Å². The van der Waals surface area contributed by atoms with E-state index in [0.717, 1.165) is 24.6 Å². The first-order valence-corrected chi connectivity index (χ1v) is 6.45. The van der Waals surface area contributed by atoms with Crippen LogP contribution in [0.25, 0.3) is 0 Å². The minimum absolute atomic E-state index is 0.0271. The fourth-order valence-electron chi connectivity index (χ4n) is 1.82. The zero-order valence-electron chi connectivity index (χ0n) is 11.7. The van der Waals surface area contributed by atoms with Gasteiger partial charge in [0.15, 0.2) is 0 Å². The van der Waals surface area contributed by atoms with E-state index in [0.29, 0.717) is 0 Å². The van der Waals surface area contributed by atoms with Crippen LogP contribution in [0.3, 0.4) is 0 Å². The van der Waals surface area contributed by atoms with Crippen molar-refractivity contribution in [3.05, 3.63) is 29.6 Å². The van der Waals surface area contributed by atoms with Gasteiger partial charge in [0.25, 0.3) is 0 Å². The first kappa shape index (κ1) is 15.9. The Morgan fingerprint density at radius 3 is 2.50 bits per heavy atom. The van der Waals surface area contributed by atoms with Crippen molar-refractivity contribution in [3.8, 4) is 0 Å². The molecule has 1 rings (SSSR count). The summed E-state index contributed by atoms with van der Waals surface area (Å²) in [6, 6.07) is 2.67. The third-order valence-corrected chi connectivity index (χ3v) is 3.02. The molecule has 3 N–H and O–H groups in total. The smallest absolute Gasteiger partial charge is 0.335 e. The molecule has 0 bridgehead atoms. The molecule has 20 heavy (non-hydrogen) atoms. The van der Waals surface area contributed by atoms with E-state index in [1.54, 1.807) is 0 Å². The van der Waals surface area contributed by atoms with Crippen LogP contribution in [0.1, 0.15) is 37.6 Å². The van der Waals surface area contributed by atoms with Crippen LogP contribution in [0.5, 0.6) is 0 Å². The Morgan fingerprint density at radius 2 is 2.00 bits per heavy atom. The van der Waals surface area contributed by atoms with Crippen molar-refractivity contribution in [1.82, 2.24) is 5.32 Å². The zero-order valence-corrected chi connectivity index (χ0v) is 11.7. The van der Waals surface area contributed by atoms with Crippen molar-refractivity contribution in [3.63, 3.8) is 0 Å². The number of carbonyl (C=O) groups excluding carboxylic acids is 1. The van der Waals surface area contributed by atoms with Crippen molar-refractivity contribution in [2.24, 2.45) is 5.92 Å². The molecule has 0 heterocycles. The van der Waals surface area contributed by atoms with Crippen LogP contribution in [-0.4, -0.2) is 23.1 Å². The van der Waals surface area contributed by atoms with Crippen LogP contribution in [0.15, 0.2) is 18.2 Å². The maximum Gasteiger partial charge on any atom is 0.335 e. The predicted octanol–water partition coefficient (Wildman–Crippen LogP) is 3.08. The minimum atomic E-state index is -1.18. The zero-order chi connectivity index (χ0) is 15.3. The molecule has 0 saturated heterocycles. The number of carbonyl (C=O) groups is 2.